The normalized spacial score (nSPS) is 19.1. The molecule has 0 aliphatic carbocycles. The first-order valence-electron chi connectivity index (χ1n) is 8.86. The third-order valence-corrected chi connectivity index (χ3v) is 4.18. The Kier molecular flexibility index (Phi) is 7.56. The van der Waals surface area contributed by atoms with Crippen LogP contribution < -0.4 is 16.4 Å². The maximum atomic E-state index is 12.5. The number of carbonyl (C=O) groups excluding carboxylic acids is 2. The van der Waals surface area contributed by atoms with Crippen LogP contribution in [0.15, 0.2) is 24.3 Å². The highest BCUT2D eigenvalue weighted by molar-refractivity contribution is 5.95. The minimum Gasteiger partial charge on any atom is -0.508 e. The van der Waals surface area contributed by atoms with Gasteiger partial charge in [-0.25, -0.2) is 4.79 Å². The maximum Gasteiger partial charge on any atom is 0.336 e. The Morgan fingerprint density at radius 1 is 1.11 bits per heavy atom. The van der Waals surface area contributed by atoms with Crippen molar-refractivity contribution in [1.29, 1.82) is 0 Å². The first-order valence-corrected chi connectivity index (χ1v) is 8.86. The van der Waals surface area contributed by atoms with E-state index in [0.29, 0.717) is 13.1 Å². The first kappa shape index (κ1) is 20.7. The topological polar surface area (TPSA) is 154 Å². The summed E-state index contributed by atoms with van der Waals surface area (Å²) in [4.78, 5) is 35.5. The van der Waals surface area contributed by atoms with E-state index in [0.717, 1.165) is 24.8 Å². The third kappa shape index (κ3) is 6.54. The van der Waals surface area contributed by atoms with E-state index in [2.05, 4.69) is 10.6 Å². The van der Waals surface area contributed by atoms with E-state index in [1.165, 1.54) is 12.1 Å². The first-order chi connectivity index (χ1) is 12.9. The van der Waals surface area contributed by atoms with E-state index in [1.807, 2.05) is 0 Å². The number of nitrogens with two attached hydrogens (primary N) is 1. The van der Waals surface area contributed by atoms with Gasteiger partial charge in [0.05, 0.1) is 0 Å². The van der Waals surface area contributed by atoms with Crippen molar-refractivity contribution in [1.82, 2.24) is 10.6 Å². The molecule has 0 aromatic heterocycles. The minimum atomic E-state index is -1.21. The standard InChI is InChI=1S/C18H25N3O6/c19-8-2-1-3-9-20-16(23)13(10-11-4-6-12(22)7-5-11)21-17(24)14-15(27-14)18(25)26/h4-7,13-15,22H,1-3,8-10,19H2,(H,20,23)(H,21,24)(H,25,26)/t13?,14?,15-/m0/s1. The van der Waals surface area contributed by atoms with Crippen LogP contribution in [0.1, 0.15) is 24.8 Å². The molecule has 0 radical (unpaired) electrons. The second-order valence-electron chi connectivity index (χ2n) is 6.39. The van der Waals surface area contributed by atoms with Gasteiger partial charge in [-0.3, -0.25) is 9.59 Å². The second-order valence-corrected chi connectivity index (χ2v) is 6.39. The molecule has 1 saturated heterocycles. The fourth-order valence-electron chi connectivity index (χ4n) is 2.61. The molecule has 3 atom stereocenters. The summed E-state index contributed by atoms with van der Waals surface area (Å²) in [7, 11) is 0. The molecule has 1 aromatic carbocycles. The number of benzene rings is 1. The van der Waals surface area contributed by atoms with Crippen molar-refractivity contribution < 1.29 is 29.3 Å². The Bertz CT molecular complexity index is 664. The number of epoxide rings is 1. The number of carboxylic acids is 1. The Morgan fingerprint density at radius 3 is 2.41 bits per heavy atom. The molecule has 0 bridgehead atoms. The van der Waals surface area contributed by atoms with E-state index in [9.17, 15) is 19.5 Å². The number of phenolic OH excluding ortho intramolecular Hbond substituents is 1. The zero-order valence-corrected chi connectivity index (χ0v) is 14.9. The van der Waals surface area contributed by atoms with Gasteiger partial charge in [-0.05, 0) is 37.1 Å². The molecule has 1 aliphatic heterocycles. The highest BCUT2D eigenvalue weighted by Gasteiger charge is 2.51. The number of unbranched alkanes of at least 4 members (excludes halogenated alkanes) is 2. The molecular weight excluding hydrogens is 354 g/mol. The minimum absolute atomic E-state index is 0.0966. The molecule has 27 heavy (non-hydrogen) atoms. The predicted octanol–water partition coefficient (Wildman–Crippen LogP) is -0.483. The van der Waals surface area contributed by atoms with Gasteiger partial charge in [0.2, 0.25) is 5.91 Å². The van der Waals surface area contributed by atoms with Gasteiger partial charge in [-0.2, -0.15) is 0 Å². The molecular formula is C18H25N3O6. The van der Waals surface area contributed by atoms with Gasteiger partial charge in [0.25, 0.3) is 5.91 Å². The molecule has 2 unspecified atom stereocenters. The Balaban J connectivity index is 1.94. The van der Waals surface area contributed by atoms with Gasteiger partial charge in [0.15, 0.2) is 12.2 Å². The lowest BCUT2D eigenvalue weighted by Gasteiger charge is -2.18. The number of nitrogens with one attached hydrogen (secondary N) is 2. The van der Waals surface area contributed by atoms with Gasteiger partial charge in [0.1, 0.15) is 11.8 Å². The highest BCUT2D eigenvalue weighted by atomic mass is 16.6. The number of amides is 2. The lowest BCUT2D eigenvalue weighted by molar-refractivity contribution is -0.138. The van der Waals surface area contributed by atoms with Crippen LogP contribution >= 0.6 is 0 Å². The summed E-state index contributed by atoms with van der Waals surface area (Å²) in [6, 6.07) is 5.40. The summed E-state index contributed by atoms with van der Waals surface area (Å²) in [5.74, 6) is -2.12. The van der Waals surface area contributed by atoms with Crippen LogP contribution in [0.5, 0.6) is 5.75 Å². The van der Waals surface area contributed by atoms with Crippen molar-refractivity contribution in [3.63, 3.8) is 0 Å². The summed E-state index contributed by atoms with van der Waals surface area (Å²) < 4.78 is 4.82. The Morgan fingerprint density at radius 2 is 1.81 bits per heavy atom. The molecule has 0 saturated carbocycles. The summed E-state index contributed by atoms with van der Waals surface area (Å²) in [6.07, 6.45) is 0.489. The summed E-state index contributed by atoms with van der Waals surface area (Å²) >= 11 is 0. The molecule has 148 valence electrons. The van der Waals surface area contributed by atoms with E-state index in [4.69, 9.17) is 15.6 Å². The molecule has 0 spiro atoms. The van der Waals surface area contributed by atoms with Gasteiger partial charge in [-0.15, -0.1) is 0 Å². The van der Waals surface area contributed by atoms with Gasteiger partial charge >= 0.3 is 5.97 Å². The summed E-state index contributed by atoms with van der Waals surface area (Å²) in [5, 5.41) is 23.5. The fourth-order valence-corrected chi connectivity index (χ4v) is 2.61. The zero-order chi connectivity index (χ0) is 19.8. The van der Waals surface area contributed by atoms with Crippen molar-refractivity contribution in [2.75, 3.05) is 13.1 Å². The Labute approximate surface area is 156 Å². The van der Waals surface area contributed by atoms with Crippen molar-refractivity contribution >= 4 is 17.8 Å². The lowest BCUT2D eigenvalue weighted by Crippen LogP contribution is -2.49. The smallest absolute Gasteiger partial charge is 0.336 e. The van der Waals surface area contributed by atoms with Gasteiger partial charge < -0.3 is 31.3 Å². The monoisotopic (exact) mass is 379 g/mol. The number of hydrogen-bond acceptors (Lipinski definition) is 6. The zero-order valence-electron chi connectivity index (χ0n) is 14.9. The predicted molar refractivity (Wildman–Crippen MR) is 96.0 cm³/mol. The lowest BCUT2D eigenvalue weighted by atomic mass is 10.0. The number of hydrogen-bond donors (Lipinski definition) is 5. The van der Waals surface area contributed by atoms with Crippen molar-refractivity contribution in [2.24, 2.45) is 5.73 Å². The fraction of sp³-hybridized carbons (Fsp3) is 0.500. The number of aliphatic carboxylic acids is 1. The number of carboxylic acid groups (broad SMARTS) is 1. The van der Waals surface area contributed by atoms with Crippen molar-refractivity contribution in [3.05, 3.63) is 29.8 Å². The molecule has 2 amide bonds. The number of aromatic hydroxyl groups is 1. The quantitative estimate of drug-likeness (QED) is 0.257. The average Bonchev–Trinajstić information content (AvgIpc) is 3.44. The van der Waals surface area contributed by atoms with Crippen LogP contribution in [0.2, 0.25) is 0 Å². The van der Waals surface area contributed by atoms with Crippen LogP contribution in [0, 0.1) is 0 Å². The van der Waals surface area contributed by atoms with Crippen molar-refractivity contribution in [2.45, 2.75) is 43.9 Å². The van der Waals surface area contributed by atoms with E-state index in [-0.39, 0.29) is 18.1 Å². The van der Waals surface area contributed by atoms with E-state index in [1.54, 1.807) is 12.1 Å². The van der Waals surface area contributed by atoms with Crippen molar-refractivity contribution in [3.8, 4) is 5.75 Å². The van der Waals surface area contributed by atoms with Crippen LogP contribution in [0.25, 0.3) is 0 Å². The maximum absolute atomic E-state index is 12.5. The average molecular weight is 379 g/mol. The van der Waals surface area contributed by atoms with E-state index < -0.39 is 30.1 Å². The molecule has 1 fully saturated rings. The van der Waals surface area contributed by atoms with E-state index >= 15 is 0 Å². The van der Waals surface area contributed by atoms with Gasteiger partial charge in [-0.1, -0.05) is 18.6 Å². The van der Waals surface area contributed by atoms with Gasteiger partial charge in [0, 0.05) is 13.0 Å². The summed E-state index contributed by atoms with van der Waals surface area (Å²) in [5.41, 5.74) is 6.17. The largest absolute Gasteiger partial charge is 0.508 e. The molecule has 9 heteroatoms. The number of ether oxygens (including phenoxy) is 1. The molecule has 2 rings (SSSR count). The highest BCUT2D eigenvalue weighted by Crippen LogP contribution is 2.22. The molecule has 6 N–H and O–H groups in total. The van der Waals surface area contributed by atoms with Crippen LogP contribution in [0.4, 0.5) is 0 Å². The molecule has 1 heterocycles. The van der Waals surface area contributed by atoms with Crippen LogP contribution in [0.3, 0.4) is 0 Å². The van der Waals surface area contributed by atoms with Crippen LogP contribution in [-0.4, -0.2) is 59.3 Å². The van der Waals surface area contributed by atoms with Crippen LogP contribution in [-0.2, 0) is 25.5 Å². The SMILES string of the molecule is NCCCCCNC(=O)C(Cc1ccc(O)cc1)NC(=O)C1O[C@@H]1C(=O)O. The second kappa shape index (κ2) is 9.89. The number of phenols is 1. The number of carbonyl (C=O) groups is 3. The Hall–Kier alpha value is -2.65. The third-order valence-electron chi connectivity index (χ3n) is 4.18. The molecule has 1 aliphatic rings. The molecule has 1 aromatic rings. The number of rotatable bonds is 11. The molecule has 9 nitrogen and oxygen atoms in total. The summed E-state index contributed by atoms with van der Waals surface area (Å²) in [6.45, 7) is 1.05.